The van der Waals surface area contributed by atoms with Gasteiger partial charge in [0.2, 0.25) is 0 Å². The van der Waals surface area contributed by atoms with E-state index in [4.69, 9.17) is 4.74 Å². The number of hydrogen-bond donors (Lipinski definition) is 0. The maximum absolute atomic E-state index is 12.0. The van der Waals surface area contributed by atoms with Gasteiger partial charge in [0.1, 0.15) is 6.10 Å². The third-order valence-corrected chi connectivity index (χ3v) is 10.7. The second-order valence-corrected chi connectivity index (χ2v) is 12.4. The minimum absolute atomic E-state index is 0.0756. The van der Waals surface area contributed by atoms with Crippen LogP contribution < -0.4 is 0 Å². The van der Waals surface area contributed by atoms with Crippen LogP contribution >= 0.6 is 0 Å². The van der Waals surface area contributed by atoms with Crippen molar-refractivity contribution in [2.45, 2.75) is 130 Å². The summed E-state index contributed by atoms with van der Waals surface area (Å²) in [6.45, 7) is 9.43. The Morgan fingerprint density at radius 2 is 1.82 bits per heavy atom. The highest BCUT2D eigenvalue weighted by atomic mass is 16.5. The lowest BCUT2D eigenvalue weighted by Crippen LogP contribution is -2.50. The van der Waals surface area contributed by atoms with Crippen molar-refractivity contribution in [3.05, 3.63) is 23.8 Å². The number of unbranched alkanes of at least 4 members (excludes halogenated alkanes) is 5. The van der Waals surface area contributed by atoms with Gasteiger partial charge in [-0.05, 0) is 92.8 Å². The number of ether oxygens (including phenoxy) is 1. The summed E-state index contributed by atoms with van der Waals surface area (Å²) in [6.07, 6.45) is 26.3. The molecule has 0 heterocycles. The predicted octanol–water partition coefficient (Wildman–Crippen LogP) is 8.80. The topological polar surface area (TPSA) is 26.3 Å². The van der Waals surface area contributed by atoms with Crippen LogP contribution in [0.3, 0.4) is 0 Å². The van der Waals surface area contributed by atoms with E-state index in [1.54, 1.807) is 17.7 Å². The van der Waals surface area contributed by atoms with Crippen LogP contribution in [0.4, 0.5) is 0 Å². The molecule has 4 rings (SSSR count). The van der Waals surface area contributed by atoms with Gasteiger partial charge in [0.25, 0.3) is 0 Å². The molecule has 0 bridgehead atoms. The smallest absolute Gasteiger partial charge is 0.330 e. The van der Waals surface area contributed by atoms with Crippen molar-refractivity contribution in [3.8, 4) is 0 Å². The van der Waals surface area contributed by atoms with Crippen LogP contribution in [0.25, 0.3) is 0 Å². The molecule has 0 N–H and O–H groups in total. The van der Waals surface area contributed by atoms with Crippen LogP contribution in [-0.4, -0.2) is 12.1 Å². The van der Waals surface area contributed by atoms with Gasteiger partial charge in [0, 0.05) is 12.5 Å². The maximum atomic E-state index is 12.0. The Labute approximate surface area is 204 Å². The summed E-state index contributed by atoms with van der Waals surface area (Å²) in [5.41, 5.74) is 2.54. The summed E-state index contributed by atoms with van der Waals surface area (Å²) in [5.74, 6) is 3.46. The standard InChI is InChI=1S/C31H50O2/c1-5-7-8-9-10-11-13-23-15-17-27-26-16-14-24-22-25(33-29(32)12-6-2)18-20-31(24,4)28(26)19-21-30(23,27)3/h6,12,14,23,25-28H,5,7-11,13,15-22H2,1-4H3/b12-6+. The third-order valence-electron chi connectivity index (χ3n) is 10.7. The first-order valence-corrected chi connectivity index (χ1v) is 14.4. The molecule has 0 aliphatic heterocycles. The summed E-state index contributed by atoms with van der Waals surface area (Å²) in [4.78, 5) is 12.0. The molecular weight excluding hydrogens is 404 g/mol. The highest BCUT2D eigenvalue weighted by Crippen LogP contribution is 2.66. The van der Waals surface area contributed by atoms with E-state index in [-0.39, 0.29) is 12.1 Å². The van der Waals surface area contributed by atoms with Crippen molar-refractivity contribution in [2.24, 2.45) is 34.5 Å². The normalized spacial score (nSPS) is 40.1. The first-order valence-electron chi connectivity index (χ1n) is 14.4. The fourth-order valence-electron chi connectivity index (χ4n) is 8.82. The molecule has 7 atom stereocenters. The molecule has 0 aromatic heterocycles. The minimum atomic E-state index is -0.170. The summed E-state index contributed by atoms with van der Waals surface area (Å²) < 4.78 is 5.76. The first kappa shape index (κ1) is 25.1. The third kappa shape index (κ3) is 5.01. The summed E-state index contributed by atoms with van der Waals surface area (Å²) in [7, 11) is 0. The summed E-state index contributed by atoms with van der Waals surface area (Å²) >= 11 is 0. The van der Waals surface area contributed by atoms with E-state index in [9.17, 15) is 4.79 Å². The molecule has 4 aliphatic carbocycles. The fourth-order valence-corrected chi connectivity index (χ4v) is 8.82. The summed E-state index contributed by atoms with van der Waals surface area (Å²) in [6, 6.07) is 0. The Morgan fingerprint density at radius 3 is 2.61 bits per heavy atom. The van der Waals surface area contributed by atoms with Crippen LogP contribution in [0.5, 0.6) is 0 Å². The number of hydrogen-bond acceptors (Lipinski definition) is 2. The monoisotopic (exact) mass is 454 g/mol. The molecular formula is C31H50O2. The zero-order chi connectivity index (χ0) is 23.5. The molecule has 2 heteroatoms. The fraction of sp³-hybridized carbons (Fsp3) is 0.839. The molecule has 3 saturated carbocycles. The Kier molecular flexibility index (Phi) is 8.12. The van der Waals surface area contributed by atoms with Gasteiger partial charge in [-0.2, -0.15) is 0 Å². The predicted molar refractivity (Wildman–Crippen MR) is 138 cm³/mol. The zero-order valence-electron chi connectivity index (χ0n) is 22.0. The van der Waals surface area contributed by atoms with Gasteiger partial charge in [0.15, 0.2) is 0 Å². The molecule has 2 nitrogen and oxygen atoms in total. The average Bonchev–Trinajstić information content (AvgIpc) is 3.13. The van der Waals surface area contributed by atoms with Gasteiger partial charge >= 0.3 is 5.97 Å². The molecule has 0 amide bonds. The van der Waals surface area contributed by atoms with Crippen molar-refractivity contribution in [1.29, 1.82) is 0 Å². The van der Waals surface area contributed by atoms with Crippen molar-refractivity contribution in [3.63, 3.8) is 0 Å². The van der Waals surface area contributed by atoms with Gasteiger partial charge in [0.05, 0.1) is 0 Å². The molecule has 0 aromatic rings. The number of allylic oxidation sites excluding steroid dienone is 2. The largest absolute Gasteiger partial charge is 0.459 e. The minimum Gasteiger partial charge on any atom is -0.459 e. The highest BCUT2D eigenvalue weighted by molar-refractivity contribution is 5.81. The molecule has 4 aliphatic rings. The second kappa shape index (κ2) is 10.7. The lowest BCUT2D eigenvalue weighted by atomic mass is 9.47. The van der Waals surface area contributed by atoms with Gasteiger partial charge < -0.3 is 4.74 Å². The van der Waals surface area contributed by atoms with Crippen molar-refractivity contribution < 1.29 is 9.53 Å². The molecule has 7 unspecified atom stereocenters. The number of rotatable bonds is 9. The van der Waals surface area contributed by atoms with Gasteiger partial charge in [-0.1, -0.05) is 77.0 Å². The Morgan fingerprint density at radius 1 is 1.03 bits per heavy atom. The van der Waals surface area contributed by atoms with Crippen LogP contribution in [0.15, 0.2) is 23.8 Å². The van der Waals surface area contributed by atoms with E-state index >= 15 is 0 Å². The number of carbonyl (C=O) groups excluding carboxylic acids is 1. The van der Waals surface area contributed by atoms with Crippen LogP contribution in [0.2, 0.25) is 0 Å². The molecule has 0 radical (unpaired) electrons. The second-order valence-electron chi connectivity index (χ2n) is 12.4. The lowest BCUT2D eigenvalue weighted by molar-refractivity contribution is -0.145. The Hall–Kier alpha value is -1.05. The van der Waals surface area contributed by atoms with Crippen molar-refractivity contribution in [2.75, 3.05) is 0 Å². The Bertz CT molecular complexity index is 735. The molecule has 0 aromatic carbocycles. The van der Waals surface area contributed by atoms with E-state index in [1.807, 2.05) is 6.92 Å². The molecule has 0 spiro atoms. The number of fused-ring (bicyclic) bond motifs is 5. The van der Waals surface area contributed by atoms with Gasteiger partial charge in [-0.15, -0.1) is 0 Å². The van der Waals surface area contributed by atoms with Gasteiger partial charge in [-0.25, -0.2) is 4.79 Å². The van der Waals surface area contributed by atoms with Crippen molar-refractivity contribution >= 4 is 5.97 Å². The van der Waals surface area contributed by atoms with Gasteiger partial charge in [-0.3, -0.25) is 0 Å². The van der Waals surface area contributed by atoms with E-state index in [0.717, 1.165) is 36.5 Å². The van der Waals surface area contributed by atoms with Crippen LogP contribution in [-0.2, 0) is 9.53 Å². The highest BCUT2D eigenvalue weighted by Gasteiger charge is 2.58. The maximum Gasteiger partial charge on any atom is 0.330 e. The van der Waals surface area contributed by atoms with E-state index in [0.29, 0.717) is 10.8 Å². The molecule has 33 heavy (non-hydrogen) atoms. The van der Waals surface area contributed by atoms with Crippen LogP contribution in [0, 0.1) is 34.5 Å². The van der Waals surface area contributed by atoms with Crippen molar-refractivity contribution in [1.82, 2.24) is 0 Å². The SMILES string of the molecule is C/C=C/C(=O)OC1CCC2(C)C(=CCC3C2CCC2(C)C(CCCCCCCC)CCC32)C1. The van der Waals surface area contributed by atoms with E-state index in [2.05, 4.69) is 26.8 Å². The quantitative estimate of drug-likeness (QED) is 0.150. The number of carbonyl (C=O) groups is 1. The average molecular weight is 455 g/mol. The molecule has 0 saturated heterocycles. The number of esters is 1. The first-order chi connectivity index (χ1) is 15.9. The van der Waals surface area contributed by atoms with Crippen LogP contribution in [0.1, 0.15) is 124 Å². The van der Waals surface area contributed by atoms with E-state index in [1.165, 1.54) is 83.5 Å². The zero-order valence-corrected chi connectivity index (χ0v) is 22.0. The molecule has 186 valence electrons. The Balaban J connectivity index is 1.37. The van der Waals surface area contributed by atoms with E-state index < -0.39 is 0 Å². The molecule has 3 fully saturated rings. The summed E-state index contributed by atoms with van der Waals surface area (Å²) in [5, 5.41) is 0. The lowest BCUT2D eigenvalue weighted by Gasteiger charge is -2.58.